The van der Waals surface area contributed by atoms with Gasteiger partial charge in [-0.05, 0) is 26.9 Å². The molecule has 0 aliphatic heterocycles. The number of terminal acetylenes is 1. The normalized spacial score (nSPS) is 14.2. The Kier molecular flexibility index (Phi) is 5.05. The fourth-order valence-electron chi connectivity index (χ4n) is 1.65. The molecule has 13 heavy (non-hydrogen) atoms. The Morgan fingerprint density at radius 2 is 1.85 bits per heavy atom. The molecule has 0 rings (SSSR count). The lowest BCUT2D eigenvalue weighted by Gasteiger charge is -2.41. The molecule has 0 aromatic heterocycles. The van der Waals surface area contributed by atoms with Crippen LogP contribution >= 0.6 is 0 Å². The summed E-state index contributed by atoms with van der Waals surface area (Å²) < 4.78 is 0. The second-order valence-corrected chi connectivity index (χ2v) is 3.84. The molecule has 76 valence electrons. The average Bonchev–Trinajstić information content (AvgIpc) is 2.06. The topological polar surface area (TPSA) is 29.3 Å². The van der Waals surface area contributed by atoms with Gasteiger partial charge in [0.05, 0.1) is 0 Å². The van der Waals surface area contributed by atoms with Gasteiger partial charge in [-0.1, -0.05) is 13.8 Å². The Bertz CT molecular complexity index is 175. The number of hydrogen-bond acceptors (Lipinski definition) is 2. The highest BCUT2D eigenvalue weighted by Gasteiger charge is 2.30. The minimum Gasteiger partial charge on any atom is -0.325 e. The molecule has 2 N–H and O–H groups in total. The lowest BCUT2D eigenvalue weighted by atomic mass is 9.91. The predicted molar refractivity (Wildman–Crippen MR) is 58.4 cm³/mol. The Labute approximate surface area is 82.5 Å². The van der Waals surface area contributed by atoms with Crippen LogP contribution in [0, 0.1) is 12.3 Å². The van der Waals surface area contributed by atoms with Crippen LogP contribution in [0.2, 0.25) is 0 Å². The van der Waals surface area contributed by atoms with Crippen LogP contribution in [0.15, 0.2) is 0 Å². The van der Waals surface area contributed by atoms with E-state index in [-0.39, 0.29) is 11.6 Å². The van der Waals surface area contributed by atoms with E-state index in [1.165, 1.54) is 0 Å². The third kappa shape index (κ3) is 3.02. The minimum absolute atomic E-state index is 0.00410. The summed E-state index contributed by atoms with van der Waals surface area (Å²) in [6.45, 7) is 10.6. The number of nitrogens with two attached hydrogens (primary N) is 1. The molecular formula is C11H22N2. The fraction of sp³-hybridized carbons (Fsp3) is 0.818. The predicted octanol–water partition coefficient (Wildman–Crippen LogP) is 1.46. The zero-order chi connectivity index (χ0) is 10.5. The first-order valence-corrected chi connectivity index (χ1v) is 4.94. The SMILES string of the molecule is C#CCC(N)C(C)(C)N(CC)CC. The van der Waals surface area contributed by atoms with Crippen molar-refractivity contribution in [3.8, 4) is 12.3 Å². The molecular weight excluding hydrogens is 160 g/mol. The molecule has 0 aliphatic rings. The van der Waals surface area contributed by atoms with E-state index in [1.807, 2.05) is 0 Å². The summed E-state index contributed by atoms with van der Waals surface area (Å²) in [6, 6.07) is 0.0531. The van der Waals surface area contributed by atoms with E-state index in [2.05, 4.69) is 38.5 Å². The number of likely N-dealkylation sites (N-methyl/N-ethyl adjacent to an activating group) is 1. The molecule has 0 spiro atoms. The Balaban J connectivity index is 4.43. The summed E-state index contributed by atoms with van der Waals surface area (Å²) in [7, 11) is 0. The molecule has 0 aromatic carbocycles. The summed E-state index contributed by atoms with van der Waals surface area (Å²) in [6.07, 6.45) is 5.90. The van der Waals surface area contributed by atoms with Gasteiger partial charge in [0, 0.05) is 18.0 Å². The van der Waals surface area contributed by atoms with Gasteiger partial charge in [0.15, 0.2) is 0 Å². The van der Waals surface area contributed by atoms with Gasteiger partial charge in [-0.3, -0.25) is 4.90 Å². The van der Waals surface area contributed by atoms with E-state index in [1.54, 1.807) is 0 Å². The van der Waals surface area contributed by atoms with Crippen molar-refractivity contribution in [1.82, 2.24) is 4.90 Å². The van der Waals surface area contributed by atoms with Crippen LogP contribution in [0.25, 0.3) is 0 Å². The van der Waals surface area contributed by atoms with Crippen molar-refractivity contribution in [2.45, 2.75) is 45.7 Å². The van der Waals surface area contributed by atoms with Gasteiger partial charge in [0.2, 0.25) is 0 Å². The van der Waals surface area contributed by atoms with Crippen molar-refractivity contribution in [3.05, 3.63) is 0 Å². The van der Waals surface area contributed by atoms with Gasteiger partial charge in [0.25, 0.3) is 0 Å². The summed E-state index contributed by atoms with van der Waals surface area (Å²) in [4.78, 5) is 2.34. The van der Waals surface area contributed by atoms with Crippen molar-refractivity contribution in [2.75, 3.05) is 13.1 Å². The zero-order valence-corrected chi connectivity index (χ0v) is 9.30. The van der Waals surface area contributed by atoms with E-state index in [4.69, 9.17) is 12.2 Å². The highest BCUT2D eigenvalue weighted by atomic mass is 15.2. The molecule has 0 fully saturated rings. The smallest absolute Gasteiger partial charge is 0.0331 e. The maximum absolute atomic E-state index is 6.03. The van der Waals surface area contributed by atoms with Crippen molar-refractivity contribution < 1.29 is 0 Å². The molecule has 1 unspecified atom stereocenters. The second kappa shape index (κ2) is 5.26. The van der Waals surface area contributed by atoms with Crippen LogP contribution in [0.1, 0.15) is 34.1 Å². The van der Waals surface area contributed by atoms with E-state index < -0.39 is 0 Å². The zero-order valence-electron chi connectivity index (χ0n) is 9.30. The third-order valence-electron chi connectivity index (χ3n) is 2.82. The van der Waals surface area contributed by atoms with Crippen LogP contribution in [0.4, 0.5) is 0 Å². The maximum atomic E-state index is 6.03. The first kappa shape index (κ1) is 12.5. The Morgan fingerprint density at radius 1 is 1.38 bits per heavy atom. The van der Waals surface area contributed by atoms with Crippen molar-refractivity contribution >= 4 is 0 Å². The molecule has 1 atom stereocenters. The maximum Gasteiger partial charge on any atom is 0.0331 e. The van der Waals surface area contributed by atoms with E-state index in [0.717, 1.165) is 13.1 Å². The highest BCUT2D eigenvalue weighted by Crippen LogP contribution is 2.18. The molecule has 0 radical (unpaired) electrons. The van der Waals surface area contributed by atoms with Gasteiger partial charge in [-0.2, -0.15) is 0 Å². The number of hydrogen-bond donors (Lipinski definition) is 1. The summed E-state index contributed by atoms with van der Waals surface area (Å²) >= 11 is 0. The molecule has 0 bridgehead atoms. The quantitative estimate of drug-likeness (QED) is 0.652. The molecule has 0 aromatic rings. The average molecular weight is 182 g/mol. The Morgan fingerprint density at radius 3 is 2.15 bits per heavy atom. The number of nitrogens with zero attached hydrogens (tertiary/aromatic N) is 1. The van der Waals surface area contributed by atoms with Gasteiger partial charge in [0.1, 0.15) is 0 Å². The first-order chi connectivity index (χ1) is 6.00. The molecule has 0 saturated heterocycles. The van der Waals surface area contributed by atoms with Crippen molar-refractivity contribution in [2.24, 2.45) is 5.73 Å². The van der Waals surface area contributed by atoms with Gasteiger partial charge in [-0.15, -0.1) is 12.3 Å². The molecule has 2 nitrogen and oxygen atoms in total. The van der Waals surface area contributed by atoms with E-state index in [0.29, 0.717) is 6.42 Å². The highest BCUT2D eigenvalue weighted by molar-refractivity contribution is 4.99. The van der Waals surface area contributed by atoms with E-state index in [9.17, 15) is 0 Å². The molecule has 0 saturated carbocycles. The van der Waals surface area contributed by atoms with Crippen LogP contribution in [0.3, 0.4) is 0 Å². The summed E-state index contributed by atoms with van der Waals surface area (Å²) in [5.74, 6) is 2.62. The van der Waals surface area contributed by atoms with Crippen LogP contribution in [-0.4, -0.2) is 29.6 Å². The van der Waals surface area contributed by atoms with Gasteiger partial charge in [-0.25, -0.2) is 0 Å². The van der Waals surface area contributed by atoms with E-state index >= 15 is 0 Å². The second-order valence-electron chi connectivity index (χ2n) is 3.84. The van der Waals surface area contributed by atoms with Gasteiger partial charge < -0.3 is 5.73 Å². The molecule has 0 amide bonds. The summed E-state index contributed by atoms with van der Waals surface area (Å²) in [5, 5.41) is 0. The van der Waals surface area contributed by atoms with Crippen LogP contribution < -0.4 is 5.73 Å². The molecule has 0 heterocycles. The number of rotatable bonds is 5. The lowest BCUT2D eigenvalue weighted by Crippen LogP contribution is -2.55. The monoisotopic (exact) mass is 182 g/mol. The van der Waals surface area contributed by atoms with Gasteiger partial charge >= 0.3 is 0 Å². The fourth-order valence-corrected chi connectivity index (χ4v) is 1.65. The molecule has 2 heteroatoms. The standard InChI is InChI=1S/C11H22N2/c1-6-9-10(12)11(4,5)13(7-2)8-3/h1,10H,7-9,12H2,2-5H3. The Hall–Kier alpha value is -0.520. The first-order valence-electron chi connectivity index (χ1n) is 4.94. The van der Waals surface area contributed by atoms with Crippen molar-refractivity contribution in [1.29, 1.82) is 0 Å². The molecule has 0 aliphatic carbocycles. The minimum atomic E-state index is -0.00410. The summed E-state index contributed by atoms with van der Waals surface area (Å²) in [5.41, 5.74) is 6.03. The third-order valence-corrected chi connectivity index (χ3v) is 2.82. The lowest BCUT2D eigenvalue weighted by molar-refractivity contribution is 0.108. The van der Waals surface area contributed by atoms with Crippen LogP contribution in [-0.2, 0) is 0 Å². The van der Waals surface area contributed by atoms with Crippen molar-refractivity contribution in [3.63, 3.8) is 0 Å². The largest absolute Gasteiger partial charge is 0.325 e. The van der Waals surface area contributed by atoms with Crippen LogP contribution in [0.5, 0.6) is 0 Å².